The van der Waals surface area contributed by atoms with Gasteiger partial charge in [0, 0.05) is 0 Å². The van der Waals surface area contributed by atoms with Gasteiger partial charge in [-0.1, -0.05) is 0 Å². The maximum atomic E-state index is 5.33. The van der Waals surface area contributed by atoms with Crippen LogP contribution in [0.5, 0.6) is 0 Å². The molecule has 0 N–H and O–H groups in total. The average Bonchev–Trinajstić information content (AvgIpc) is 2.39. The van der Waals surface area contributed by atoms with Crippen molar-refractivity contribution in [2.24, 2.45) is 0 Å². The summed E-state index contributed by atoms with van der Waals surface area (Å²) >= 11 is 0. The molecule has 1 rings (SSSR count). The van der Waals surface area contributed by atoms with E-state index in [-0.39, 0.29) is 51.4 Å². The number of hydrogen-bond donors (Lipinski definition) is 0. The van der Waals surface area contributed by atoms with Gasteiger partial charge in [-0.05, 0) is 0 Å². The quantitative estimate of drug-likeness (QED) is 0.448. The molecule has 1 saturated heterocycles. The van der Waals surface area contributed by atoms with Gasteiger partial charge >= 0.3 is 51.4 Å². The molecule has 0 aromatic carbocycles. The minimum absolute atomic E-state index is 0. The van der Waals surface area contributed by atoms with Crippen molar-refractivity contribution >= 4 is 0 Å². The van der Waals surface area contributed by atoms with Gasteiger partial charge in [0.2, 0.25) is 0 Å². The molecule has 0 amide bonds. The van der Waals surface area contributed by atoms with Crippen molar-refractivity contribution in [2.75, 3.05) is 79.3 Å². The third-order valence-corrected chi connectivity index (χ3v) is 2.23. The molecule has 0 unspecified atom stereocenters. The fourth-order valence-electron chi connectivity index (χ4n) is 1.32. The van der Waals surface area contributed by atoms with Gasteiger partial charge in [0.25, 0.3) is 0 Å². The minimum atomic E-state index is 0. The summed E-state index contributed by atoms with van der Waals surface area (Å²) in [5.74, 6) is 0. The van der Waals surface area contributed by atoms with Crippen molar-refractivity contribution in [3.63, 3.8) is 0 Å². The summed E-state index contributed by atoms with van der Waals surface area (Å²) in [5.41, 5.74) is 0. The van der Waals surface area contributed by atoms with Crippen LogP contribution in [-0.4, -0.2) is 79.3 Å². The van der Waals surface area contributed by atoms with Crippen molar-refractivity contribution in [1.29, 1.82) is 0 Å². The normalized spacial score (nSPS) is 22.7. The Hall–Kier alpha value is 1.40. The molecule has 0 radical (unpaired) electrons. The van der Waals surface area contributed by atoms with Gasteiger partial charge in [-0.2, -0.15) is 0 Å². The monoisotopic (exact) mass is 303 g/mol. The number of ether oxygens (including phenoxy) is 6. The molecule has 0 saturated carbocycles. The van der Waals surface area contributed by atoms with E-state index in [0.717, 1.165) is 0 Å². The van der Waals surface area contributed by atoms with E-state index in [1.807, 2.05) is 0 Å². The molecule has 0 aromatic rings. The van der Waals surface area contributed by atoms with Crippen LogP contribution in [0.25, 0.3) is 0 Å². The third kappa shape index (κ3) is 15.6. The van der Waals surface area contributed by atoms with Gasteiger partial charge < -0.3 is 28.4 Å². The molecule has 0 bridgehead atoms. The standard InChI is InChI=1S/C12H24O6.K/c1-2-14-5-6-16-9-10-18-12-11-17-8-7-15-4-3-13-1;/h1-12H2;/q;+1. The average molecular weight is 303 g/mol. The smallest absolute Gasteiger partial charge is 0.377 e. The Kier molecular flexibility index (Phi) is 18.7. The molecule has 1 heterocycles. The largest absolute Gasteiger partial charge is 1.00 e. The van der Waals surface area contributed by atoms with E-state index in [0.29, 0.717) is 79.3 Å². The van der Waals surface area contributed by atoms with Gasteiger partial charge in [-0.25, -0.2) is 0 Å². The molecule has 6 nitrogen and oxygen atoms in total. The molecule has 1 fully saturated rings. The Balaban J connectivity index is 0.00000324. The van der Waals surface area contributed by atoms with Crippen molar-refractivity contribution in [1.82, 2.24) is 0 Å². The Labute approximate surface area is 157 Å². The second-order valence-electron chi connectivity index (χ2n) is 3.67. The molecule has 1 aliphatic rings. The zero-order chi connectivity index (χ0) is 12.7. The van der Waals surface area contributed by atoms with E-state index in [9.17, 15) is 0 Å². The summed E-state index contributed by atoms with van der Waals surface area (Å²) in [5, 5.41) is 0. The molecule has 0 spiro atoms. The Morgan fingerprint density at radius 2 is 0.368 bits per heavy atom. The van der Waals surface area contributed by atoms with Gasteiger partial charge in [0.15, 0.2) is 0 Å². The maximum absolute atomic E-state index is 5.33. The van der Waals surface area contributed by atoms with Crippen LogP contribution < -0.4 is 51.4 Å². The molecule has 7 heteroatoms. The van der Waals surface area contributed by atoms with Gasteiger partial charge in [0.1, 0.15) is 0 Å². The van der Waals surface area contributed by atoms with Crippen molar-refractivity contribution in [2.45, 2.75) is 0 Å². The molecule has 0 aromatic heterocycles. The Morgan fingerprint density at radius 3 is 0.474 bits per heavy atom. The molecule has 0 aliphatic carbocycles. The van der Waals surface area contributed by atoms with Crippen LogP contribution in [0.1, 0.15) is 0 Å². The Bertz CT molecular complexity index is 97.2. The predicted octanol–water partition coefficient (Wildman–Crippen LogP) is -2.90. The van der Waals surface area contributed by atoms with E-state index in [2.05, 4.69) is 0 Å². The predicted molar refractivity (Wildman–Crippen MR) is 64.9 cm³/mol. The van der Waals surface area contributed by atoms with Gasteiger partial charge in [0.05, 0.1) is 79.3 Å². The maximum Gasteiger partial charge on any atom is 1.00 e. The van der Waals surface area contributed by atoms with Crippen LogP contribution in [0.4, 0.5) is 0 Å². The van der Waals surface area contributed by atoms with Gasteiger partial charge in [-0.3, -0.25) is 0 Å². The molecule has 0 atom stereocenters. The summed E-state index contributed by atoms with van der Waals surface area (Å²) in [4.78, 5) is 0. The minimum Gasteiger partial charge on any atom is -0.377 e. The second kappa shape index (κ2) is 17.4. The first-order valence-corrected chi connectivity index (χ1v) is 6.46. The molecule has 1 aliphatic heterocycles. The van der Waals surface area contributed by atoms with Crippen LogP contribution in [0, 0.1) is 0 Å². The summed E-state index contributed by atoms with van der Waals surface area (Å²) in [7, 11) is 0. The Morgan fingerprint density at radius 1 is 0.263 bits per heavy atom. The first kappa shape index (κ1) is 20.4. The fraction of sp³-hybridized carbons (Fsp3) is 1.00. The zero-order valence-corrected chi connectivity index (χ0v) is 15.1. The van der Waals surface area contributed by atoms with E-state index < -0.39 is 0 Å². The molecular formula is C12H24KO6+. The topological polar surface area (TPSA) is 55.4 Å². The van der Waals surface area contributed by atoms with Crippen LogP contribution >= 0.6 is 0 Å². The van der Waals surface area contributed by atoms with Gasteiger partial charge in [-0.15, -0.1) is 0 Å². The van der Waals surface area contributed by atoms with Crippen molar-refractivity contribution in [3.8, 4) is 0 Å². The van der Waals surface area contributed by atoms with Crippen LogP contribution in [0.15, 0.2) is 0 Å². The first-order chi connectivity index (χ1) is 9.00. The fourth-order valence-corrected chi connectivity index (χ4v) is 1.32. The van der Waals surface area contributed by atoms with Crippen LogP contribution in [0.2, 0.25) is 0 Å². The zero-order valence-electron chi connectivity index (χ0n) is 11.9. The number of rotatable bonds is 0. The number of hydrogen-bond acceptors (Lipinski definition) is 6. The molecular weight excluding hydrogens is 279 g/mol. The molecule has 108 valence electrons. The summed E-state index contributed by atoms with van der Waals surface area (Å²) in [6, 6.07) is 0. The van der Waals surface area contributed by atoms with E-state index >= 15 is 0 Å². The van der Waals surface area contributed by atoms with Crippen LogP contribution in [-0.2, 0) is 28.4 Å². The van der Waals surface area contributed by atoms with E-state index in [4.69, 9.17) is 28.4 Å². The molecule has 19 heavy (non-hydrogen) atoms. The summed E-state index contributed by atoms with van der Waals surface area (Å²) < 4.78 is 32.0. The van der Waals surface area contributed by atoms with Crippen LogP contribution in [0.3, 0.4) is 0 Å². The summed E-state index contributed by atoms with van der Waals surface area (Å²) in [6.45, 7) is 7.04. The van der Waals surface area contributed by atoms with E-state index in [1.54, 1.807) is 0 Å². The van der Waals surface area contributed by atoms with Crippen molar-refractivity contribution in [3.05, 3.63) is 0 Å². The van der Waals surface area contributed by atoms with Crippen molar-refractivity contribution < 1.29 is 79.8 Å². The SMILES string of the molecule is C1COCCOCCOCCOCCOCCO1.[K+]. The first-order valence-electron chi connectivity index (χ1n) is 6.46. The second-order valence-corrected chi connectivity index (χ2v) is 3.67. The third-order valence-electron chi connectivity index (χ3n) is 2.23. The summed E-state index contributed by atoms with van der Waals surface area (Å²) in [6.07, 6.45) is 0. The van der Waals surface area contributed by atoms with E-state index in [1.165, 1.54) is 0 Å².